The molecule has 0 bridgehead atoms. The molecule has 0 saturated carbocycles. The van der Waals surface area contributed by atoms with Gasteiger partial charge in [-0.1, -0.05) is 87.1 Å². The lowest BCUT2D eigenvalue weighted by Gasteiger charge is -2.39. The van der Waals surface area contributed by atoms with Crippen molar-refractivity contribution in [1.29, 1.82) is 0 Å². The zero-order chi connectivity index (χ0) is 17.4. The highest BCUT2D eigenvalue weighted by atomic mass is 127. The van der Waals surface area contributed by atoms with Crippen LogP contribution in [0, 0.1) is 0 Å². The standard InChI is InChI=1S/C18H20BrNO2.CH3I/c19-16-9-5-4-6-14(16)12-18(21,15-7-2-1-3-8-15)17-13-20-10-11-22-17;1-2/h1-9,17,20-21H,10-13H2;1H3/t17-,18-;/m1./s1. The number of aliphatic hydroxyl groups is 1. The fourth-order valence-corrected chi connectivity index (χ4v) is 3.36. The molecule has 2 atom stereocenters. The van der Waals surface area contributed by atoms with Gasteiger partial charge in [0.25, 0.3) is 0 Å². The summed E-state index contributed by atoms with van der Waals surface area (Å²) in [6.45, 7) is 2.10. The Morgan fingerprint density at radius 2 is 1.83 bits per heavy atom. The van der Waals surface area contributed by atoms with Crippen molar-refractivity contribution in [3.63, 3.8) is 0 Å². The summed E-state index contributed by atoms with van der Waals surface area (Å²) in [5, 5.41) is 14.8. The molecular formula is C19H23BrINO2. The van der Waals surface area contributed by atoms with Gasteiger partial charge in [-0.25, -0.2) is 0 Å². The van der Waals surface area contributed by atoms with Crippen molar-refractivity contribution in [2.45, 2.75) is 18.1 Å². The summed E-state index contributed by atoms with van der Waals surface area (Å²) in [6.07, 6.45) is 0.237. The van der Waals surface area contributed by atoms with Crippen LogP contribution in [0.25, 0.3) is 0 Å². The molecular weight excluding hydrogens is 481 g/mol. The van der Waals surface area contributed by atoms with Gasteiger partial charge in [-0.15, -0.1) is 0 Å². The van der Waals surface area contributed by atoms with Crippen LogP contribution >= 0.6 is 38.5 Å². The molecule has 0 aromatic heterocycles. The molecule has 0 aliphatic carbocycles. The van der Waals surface area contributed by atoms with Crippen molar-refractivity contribution in [3.8, 4) is 0 Å². The van der Waals surface area contributed by atoms with Gasteiger partial charge >= 0.3 is 0 Å². The molecule has 1 aliphatic rings. The van der Waals surface area contributed by atoms with E-state index in [-0.39, 0.29) is 6.10 Å². The van der Waals surface area contributed by atoms with E-state index in [0.717, 1.165) is 22.1 Å². The number of benzene rings is 2. The van der Waals surface area contributed by atoms with Crippen molar-refractivity contribution in [3.05, 3.63) is 70.2 Å². The van der Waals surface area contributed by atoms with E-state index >= 15 is 0 Å². The molecule has 0 amide bonds. The van der Waals surface area contributed by atoms with Crippen LogP contribution in [0.15, 0.2) is 59.1 Å². The molecule has 1 saturated heterocycles. The Balaban J connectivity index is 0.00000100. The molecule has 0 spiro atoms. The van der Waals surface area contributed by atoms with Crippen LogP contribution in [-0.2, 0) is 16.8 Å². The lowest BCUT2D eigenvalue weighted by atomic mass is 9.82. The number of hydrogen-bond acceptors (Lipinski definition) is 3. The molecule has 24 heavy (non-hydrogen) atoms. The maximum atomic E-state index is 11.5. The summed E-state index contributed by atoms with van der Waals surface area (Å²) < 4.78 is 6.89. The fraction of sp³-hybridized carbons (Fsp3) is 0.368. The van der Waals surface area contributed by atoms with Gasteiger partial charge in [-0.2, -0.15) is 0 Å². The third kappa shape index (κ3) is 4.79. The molecule has 2 aromatic rings. The Labute approximate surface area is 166 Å². The third-order valence-corrected chi connectivity index (χ3v) is 4.93. The summed E-state index contributed by atoms with van der Waals surface area (Å²) in [5.74, 6) is 0. The average molecular weight is 504 g/mol. The van der Waals surface area contributed by atoms with E-state index in [1.54, 1.807) is 0 Å². The molecule has 1 fully saturated rings. The highest BCUT2D eigenvalue weighted by molar-refractivity contribution is 14.1. The lowest BCUT2D eigenvalue weighted by molar-refractivity contribution is -0.124. The van der Waals surface area contributed by atoms with Gasteiger partial charge < -0.3 is 15.2 Å². The van der Waals surface area contributed by atoms with Crippen LogP contribution in [0.3, 0.4) is 0 Å². The van der Waals surface area contributed by atoms with E-state index in [2.05, 4.69) is 43.8 Å². The Bertz CT molecular complexity index is 620. The highest BCUT2D eigenvalue weighted by Crippen LogP contribution is 2.34. The maximum absolute atomic E-state index is 11.5. The number of hydrogen-bond donors (Lipinski definition) is 2. The maximum Gasteiger partial charge on any atom is 0.121 e. The minimum atomic E-state index is -1.06. The van der Waals surface area contributed by atoms with Crippen LogP contribution in [-0.4, -0.2) is 35.8 Å². The van der Waals surface area contributed by atoms with Crippen LogP contribution in [0.5, 0.6) is 0 Å². The van der Waals surface area contributed by atoms with Gasteiger partial charge in [0.15, 0.2) is 0 Å². The third-order valence-electron chi connectivity index (χ3n) is 4.15. The Morgan fingerprint density at radius 3 is 2.46 bits per heavy atom. The zero-order valence-corrected chi connectivity index (χ0v) is 17.5. The second-order valence-electron chi connectivity index (χ2n) is 5.62. The first-order valence-electron chi connectivity index (χ1n) is 7.91. The van der Waals surface area contributed by atoms with E-state index in [0.29, 0.717) is 19.6 Å². The van der Waals surface area contributed by atoms with Crippen molar-refractivity contribution >= 4 is 38.5 Å². The van der Waals surface area contributed by atoms with E-state index in [4.69, 9.17) is 4.74 Å². The SMILES string of the molecule is CI.O[C@](Cc1ccccc1Br)(c1ccccc1)[C@H]1CNCCO1. The van der Waals surface area contributed by atoms with Crippen molar-refractivity contribution in [2.75, 3.05) is 24.6 Å². The summed E-state index contributed by atoms with van der Waals surface area (Å²) in [6, 6.07) is 17.8. The number of ether oxygens (including phenoxy) is 1. The van der Waals surface area contributed by atoms with Gasteiger partial charge in [0, 0.05) is 24.0 Å². The van der Waals surface area contributed by atoms with Gasteiger partial charge in [0.1, 0.15) is 11.7 Å². The van der Waals surface area contributed by atoms with E-state index in [9.17, 15) is 5.11 Å². The Kier molecular flexibility index (Phi) is 8.16. The summed E-state index contributed by atoms with van der Waals surface area (Å²) in [7, 11) is 0. The number of morpholine rings is 1. The summed E-state index contributed by atoms with van der Waals surface area (Å²) in [5.41, 5.74) is 0.904. The predicted octanol–water partition coefficient (Wildman–Crippen LogP) is 3.92. The minimum Gasteiger partial charge on any atom is -0.382 e. The first-order chi connectivity index (χ1) is 11.7. The van der Waals surface area contributed by atoms with E-state index in [1.165, 1.54) is 0 Å². The van der Waals surface area contributed by atoms with Gasteiger partial charge in [0.2, 0.25) is 0 Å². The zero-order valence-electron chi connectivity index (χ0n) is 13.7. The second kappa shape index (κ2) is 9.87. The van der Waals surface area contributed by atoms with E-state index < -0.39 is 5.60 Å². The van der Waals surface area contributed by atoms with Gasteiger partial charge in [0.05, 0.1) is 6.61 Å². The second-order valence-corrected chi connectivity index (χ2v) is 6.48. The molecule has 5 heteroatoms. The topological polar surface area (TPSA) is 41.5 Å². The summed E-state index contributed by atoms with van der Waals surface area (Å²) in [4.78, 5) is 1.97. The van der Waals surface area contributed by atoms with Gasteiger partial charge in [-0.05, 0) is 22.1 Å². The normalized spacial score (nSPS) is 19.8. The van der Waals surface area contributed by atoms with Gasteiger partial charge in [-0.3, -0.25) is 0 Å². The first kappa shape index (κ1) is 19.8. The number of rotatable bonds is 4. The molecule has 2 N–H and O–H groups in total. The van der Waals surface area contributed by atoms with Crippen LogP contribution in [0.2, 0.25) is 0 Å². The molecule has 3 nitrogen and oxygen atoms in total. The quantitative estimate of drug-likeness (QED) is 0.491. The van der Waals surface area contributed by atoms with Crippen LogP contribution in [0.1, 0.15) is 11.1 Å². The largest absolute Gasteiger partial charge is 0.382 e. The van der Waals surface area contributed by atoms with Crippen molar-refractivity contribution in [1.82, 2.24) is 5.32 Å². The molecule has 1 heterocycles. The average Bonchev–Trinajstić information content (AvgIpc) is 2.66. The number of nitrogens with one attached hydrogen (secondary N) is 1. The molecule has 130 valence electrons. The van der Waals surface area contributed by atoms with Crippen LogP contribution < -0.4 is 5.32 Å². The van der Waals surface area contributed by atoms with Crippen LogP contribution in [0.4, 0.5) is 0 Å². The number of halogens is 2. The smallest absolute Gasteiger partial charge is 0.121 e. The Hall–Kier alpha value is -0.470. The monoisotopic (exact) mass is 503 g/mol. The fourth-order valence-electron chi connectivity index (χ4n) is 2.93. The molecule has 3 rings (SSSR count). The molecule has 2 aromatic carbocycles. The minimum absolute atomic E-state index is 0.268. The molecule has 0 unspecified atom stereocenters. The van der Waals surface area contributed by atoms with Crippen molar-refractivity contribution < 1.29 is 9.84 Å². The molecule has 1 aliphatic heterocycles. The lowest BCUT2D eigenvalue weighted by Crippen LogP contribution is -2.52. The first-order valence-corrected chi connectivity index (χ1v) is 10.9. The predicted molar refractivity (Wildman–Crippen MR) is 111 cm³/mol. The Morgan fingerprint density at radius 1 is 1.17 bits per heavy atom. The molecule has 0 radical (unpaired) electrons. The van der Waals surface area contributed by atoms with E-state index in [1.807, 2.05) is 59.5 Å². The summed E-state index contributed by atoms with van der Waals surface area (Å²) >= 11 is 5.73. The number of alkyl halides is 1. The van der Waals surface area contributed by atoms with Crippen molar-refractivity contribution in [2.24, 2.45) is 0 Å². The highest BCUT2D eigenvalue weighted by Gasteiger charge is 2.40.